The molecule has 0 aliphatic rings. The zero-order valence-corrected chi connectivity index (χ0v) is 39.0. The Balaban J connectivity index is 1.04. The van der Waals surface area contributed by atoms with Gasteiger partial charge in [0.05, 0.1) is 67.4 Å². The topological polar surface area (TPSA) is 101 Å². The molecule has 0 fully saturated rings. The average molecular weight is 931 g/mol. The molecule has 0 atom stereocenters. The summed E-state index contributed by atoms with van der Waals surface area (Å²) in [6.45, 7) is 0. The highest BCUT2D eigenvalue weighted by Crippen LogP contribution is 2.43. The van der Waals surface area contributed by atoms with Crippen LogP contribution in [0.1, 0.15) is 11.1 Å². The standard InChI is InChI=1S/C65H38N8/c66-39-41-33-35-52(61(37-41)72-56-28-12-6-21-47(56)48-22-7-13-29-57(48)72)65-69-63(42-17-2-1-3-18-42)68-64(70-65)43-34-36-51(62(38-43)73-58-30-14-8-23-49(58)50-24-9-15-31-59(50)73)44-25-16-32-60(53(44)40-67)71-54-26-10-4-19-45(54)46-20-5-11-27-55(46)71/h1-38H. The first-order valence-electron chi connectivity index (χ1n) is 24.1. The fraction of sp³-hybridized carbons (Fsp3) is 0. The molecule has 4 heterocycles. The van der Waals surface area contributed by atoms with Gasteiger partial charge in [0, 0.05) is 60.1 Å². The monoisotopic (exact) mass is 930 g/mol. The summed E-state index contributed by atoms with van der Waals surface area (Å²) < 4.78 is 6.73. The smallest absolute Gasteiger partial charge is 0.166 e. The zero-order chi connectivity index (χ0) is 48.6. The van der Waals surface area contributed by atoms with Crippen LogP contribution in [0.2, 0.25) is 0 Å². The second-order valence-electron chi connectivity index (χ2n) is 18.2. The van der Waals surface area contributed by atoms with Gasteiger partial charge in [0.15, 0.2) is 17.5 Å². The molecule has 338 valence electrons. The van der Waals surface area contributed by atoms with Crippen LogP contribution in [0.4, 0.5) is 0 Å². The molecule has 0 N–H and O–H groups in total. The lowest BCUT2D eigenvalue weighted by atomic mass is 9.95. The molecule has 0 amide bonds. The van der Waals surface area contributed by atoms with E-state index in [4.69, 9.17) is 15.0 Å². The third-order valence-corrected chi connectivity index (χ3v) is 14.2. The molecule has 0 radical (unpaired) electrons. The number of aromatic nitrogens is 6. The van der Waals surface area contributed by atoms with Gasteiger partial charge in [-0.05, 0) is 66.7 Å². The molecule has 0 saturated heterocycles. The van der Waals surface area contributed by atoms with Crippen LogP contribution in [0.25, 0.3) is 128 Å². The van der Waals surface area contributed by atoms with Crippen molar-refractivity contribution in [1.29, 1.82) is 10.5 Å². The molecule has 8 nitrogen and oxygen atoms in total. The molecule has 0 aliphatic carbocycles. The first kappa shape index (κ1) is 41.6. The van der Waals surface area contributed by atoms with E-state index in [2.05, 4.69) is 190 Å². The van der Waals surface area contributed by atoms with E-state index >= 15 is 0 Å². The minimum Gasteiger partial charge on any atom is -0.309 e. The van der Waals surface area contributed by atoms with Gasteiger partial charge in [0.2, 0.25) is 0 Å². The van der Waals surface area contributed by atoms with Crippen molar-refractivity contribution in [2.24, 2.45) is 0 Å². The van der Waals surface area contributed by atoms with Crippen LogP contribution in [0.15, 0.2) is 231 Å². The minimum absolute atomic E-state index is 0.457. The average Bonchev–Trinajstić information content (AvgIpc) is 4.10. The minimum atomic E-state index is 0.457. The molecule has 0 aliphatic heterocycles. The molecule has 0 spiro atoms. The number of rotatable bonds is 7. The Hall–Kier alpha value is -10.4. The molecule has 4 aromatic heterocycles. The maximum absolute atomic E-state index is 11.4. The highest BCUT2D eigenvalue weighted by atomic mass is 15.1. The summed E-state index contributed by atoms with van der Waals surface area (Å²) in [5.74, 6) is 1.43. The van der Waals surface area contributed by atoms with Gasteiger partial charge in [-0.2, -0.15) is 10.5 Å². The summed E-state index contributed by atoms with van der Waals surface area (Å²) in [6, 6.07) is 83.6. The lowest BCUT2D eigenvalue weighted by Crippen LogP contribution is -2.05. The Morgan fingerprint density at radius 2 is 0.699 bits per heavy atom. The Bertz CT molecular complexity index is 4500. The van der Waals surface area contributed by atoms with Crippen molar-refractivity contribution in [3.63, 3.8) is 0 Å². The second kappa shape index (κ2) is 16.6. The van der Waals surface area contributed by atoms with E-state index in [1.54, 1.807) is 0 Å². The van der Waals surface area contributed by atoms with E-state index in [0.717, 1.165) is 110 Å². The molecule has 0 unspecified atom stereocenters. The summed E-state index contributed by atoms with van der Waals surface area (Å²) in [6.07, 6.45) is 0. The molecule has 14 rings (SSSR count). The highest BCUT2D eigenvalue weighted by molar-refractivity contribution is 6.12. The van der Waals surface area contributed by atoms with Gasteiger partial charge in [-0.3, -0.25) is 0 Å². The van der Waals surface area contributed by atoms with Crippen LogP contribution < -0.4 is 0 Å². The van der Waals surface area contributed by atoms with Crippen molar-refractivity contribution in [3.05, 3.63) is 242 Å². The SMILES string of the molecule is N#Cc1ccc(-c2nc(-c3ccccc3)nc(-c3ccc(-c4cccc(-n5c6ccccc6c6ccccc65)c4C#N)c(-n4c5ccccc5c5ccccc54)c3)n2)c(-n2c3ccccc3c3ccccc32)c1. The van der Waals surface area contributed by atoms with Gasteiger partial charge < -0.3 is 13.7 Å². The Morgan fingerprint density at radius 3 is 1.18 bits per heavy atom. The largest absolute Gasteiger partial charge is 0.309 e. The van der Waals surface area contributed by atoms with Crippen LogP contribution >= 0.6 is 0 Å². The number of para-hydroxylation sites is 6. The van der Waals surface area contributed by atoms with Crippen molar-refractivity contribution in [1.82, 2.24) is 28.7 Å². The first-order chi connectivity index (χ1) is 36.1. The molecule has 8 heteroatoms. The van der Waals surface area contributed by atoms with E-state index in [9.17, 15) is 10.5 Å². The van der Waals surface area contributed by atoms with E-state index in [-0.39, 0.29) is 0 Å². The van der Waals surface area contributed by atoms with Crippen molar-refractivity contribution < 1.29 is 0 Å². The zero-order valence-electron chi connectivity index (χ0n) is 39.0. The van der Waals surface area contributed by atoms with Gasteiger partial charge in [-0.15, -0.1) is 0 Å². The summed E-state index contributed by atoms with van der Waals surface area (Å²) in [4.78, 5) is 15.9. The fourth-order valence-electron chi connectivity index (χ4n) is 11.0. The second-order valence-corrected chi connectivity index (χ2v) is 18.2. The molecule has 0 bridgehead atoms. The van der Waals surface area contributed by atoms with Gasteiger partial charge in [-0.1, -0.05) is 164 Å². The van der Waals surface area contributed by atoms with Gasteiger partial charge in [0.1, 0.15) is 6.07 Å². The number of benzene rings is 10. The number of hydrogen-bond donors (Lipinski definition) is 0. The van der Waals surface area contributed by atoms with Gasteiger partial charge in [0.25, 0.3) is 0 Å². The summed E-state index contributed by atoms with van der Waals surface area (Å²) in [5, 5.41) is 28.4. The number of hydrogen-bond acceptors (Lipinski definition) is 5. The van der Waals surface area contributed by atoms with Crippen LogP contribution in [0, 0.1) is 22.7 Å². The summed E-state index contributed by atoms with van der Waals surface area (Å²) in [5.41, 5.74) is 13.6. The number of nitrogens with zero attached hydrogens (tertiary/aromatic N) is 8. The van der Waals surface area contributed by atoms with Gasteiger partial charge in [-0.25, -0.2) is 15.0 Å². The first-order valence-corrected chi connectivity index (χ1v) is 24.1. The van der Waals surface area contributed by atoms with Crippen molar-refractivity contribution in [3.8, 4) is 74.5 Å². The van der Waals surface area contributed by atoms with E-state index < -0.39 is 0 Å². The van der Waals surface area contributed by atoms with Crippen LogP contribution in [0.3, 0.4) is 0 Å². The molecule has 10 aromatic carbocycles. The Morgan fingerprint density at radius 1 is 0.288 bits per heavy atom. The maximum Gasteiger partial charge on any atom is 0.166 e. The van der Waals surface area contributed by atoms with Crippen LogP contribution in [-0.2, 0) is 0 Å². The summed E-state index contributed by atoms with van der Waals surface area (Å²) >= 11 is 0. The van der Waals surface area contributed by atoms with Crippen LogP contribution in [-0.4, -0.2) is 28.7 Å². The lowest BCUT2D eigenvalue weighted by molar-refractivity contribution is 1.06. The Kier molecular flexibility index (Phi) is 9.47. The van der Waals surface area contributed by atoms with Gasteiger partial charge >= 0.3 is 0 Å². The van der Waals surface area contributed by atoms with E-state index in [0.29, 0.717) is 28.6 Å². The van der Waals surface area contributed by atoms with Crippen LogP contribution in [0.5, 0.6) is 0 Å². The van der Waals surface area contributed by atoms with Crippen molar-refractivity contribution in [2.45, 2.75) is 0 Å². The fourth-order valence-corrected chi connectivity index (χ4v) is 11.0. The molecule has 14 aromatic rings. The van der Waals surface area contributed by atoms with Crippen molar-refractivity contribution >= 4 is 65.4 Å². The summed E-state index contributed by atoms with van der Waals surface area (Å²) in [7, 11) is 0. The van der Waals surface area contributed by atoms with E-state index in [1.165, 1.54) is 0 Å². The van der Waals surface area contributed by atoms with Crippen molar-refractivity contribution in [2.75, 3.05) is 0 Å². The Labute approximate surface area is 418 Å². The molecular weight excluding hydrogens is 893 g/mol. The number of nitriles is 2. The predicted octanol–water partition coefficient (Wildman–Crippen LogP) is 15.6. The molecular formula is C65H38N8. The highest BCUT2D eigenvalue weighted by Gasteiger charge is 2.24. The van der Waals surface area contributed by atoms with E-state index in [1.807, 2.05) is 66.7 Å². The lowest BCUT2D eigenvalue weighted by Gasteiger charge is -2.19. The third kappa shape index (κ3) is 6.49. The predicted molar refractivity (Wildman–Crippen MR) is 294 cm³/mol. The molecule has 0 saturated carbocycles. The maximum atomic E-state index is 11.4. The quantitative estimate of drug-likeness (QED) is 0.158. The normalized spacial score (nSPS) is 11.5. The number of fused-ring (bicyclic) bond motifs is 9. The molecule has 73 heavy (non-hydrogen) atoms. The third-order valence-electron chi connectivity index (χ3n) is 14.2.